The highest BCUT2D eigenvalue weighted by molar-refractivity contribution is 5.80. The van der Waals surface area contributed by atoms with Gasteiger partial charge in [0, 0.05) is 39.8 Å². The van der Waals surface area contributed by atoms with Gasteiger partial charge in [0.15, 0.2) is 0 Å². The SMILES string of the molecule is Nc1ccc(Oc2ccc(N(c3ccccc3)c3ccc(-c4ccc(N(c5ccccc5)c5ccccc5)cc4)cc3)cc2)cc1. The van der Waals surface area contributed by atoms with E-state index in [0.717, 1.165) is 56.8 Å². The van der Waals surface area contributed by atoms with Crippen molar-refractivity contribution < 1.29 is 4.74 Å². The fraction of sp³-hybridized carbons (Fsp3) is 0. The maximum absolute atomic E-state index is 6.04. The Morgan fingerprint density at radius 3 is 0.935 bits per heavy atom. The van der Waals surface area contributed by atoms with Crippen LogP contribution in [-0.4, -0.2) is 0 Å². The third-order valence-corrected chi connectivity index (χ3v) is 7.84. The molecule has 0 saturated heterocycles. The zero-order valence-corrected chi connectivity index (χ0v) is 25.3. The van der Waals surface area contributed by atoms with Crippen LogP contribution in [-0.2, 0) is 0 Å². The first-order valence-corrected chi connectivity index (χ1v) is 15.3. The van der Waals surface area contributed by atoms with E-state index in [1.807, 2.05) is 54.6 Å². The van der Waals surface area contributed by atoms with Gasteiger partial charge < -0.3 is 20.3 Å². The highest BCUT2D eigenvalue weighted by atomic mass is 16.5. The molecule has 0 saturated carbocycles. The topological polar surface area (TPSA) is 41.7 Å². The fourth-order valence-corrected chi connectivity index (χ4v) is 5.57. The van der Waals surface area contributed by atoms with Gasteiger partial charge in [0.2, 0.25) is 0 Å². The van der Waals surface area contributed by atoms with Crippen molar-refractivity contribution in [1.29, 1.82) is 0 Å². The lowest BCUT2D eigenvalue weighted by molar-refractivity contribution is 0.483. The maximum atomic E-state index is 6.04. The van der Waals surface area contributed by atoms with Gasteiger partial charge in [0.05, 0.1) is 0 Å². The molecular weight excluding hydrogens is 562 g/mol. The standard InChI is InChI=1S/C42H33N3O/c43-34-20-28-41(29-21-34)46-42-30-26-40(27-31-42)45(37-14-8-3-9-15-37)39-24-18-33(19-25-39)32-16-22-38(23-17-32)44(35-10-4-1-5-11-35)36-12-6-2-7-13-36/h1-31H,43H2. The van der Waals surface area contributed by atoms with Crippen LogP contribution in [0.25, 0.3) is 11.1 Å². The van der Waals surface area contributed by atoms with E-state index in [0.29, 0.717) is 5.69 Å². The lowest BCUT2D eigenvalue weighted by Crippen LogP contribution is -2.09. The molecule has 0 bridgehead atoms. The van der Waals surface area contributed by atoms with Crippen LogP contribution in [0.15, 0.2) is 188 Å². The van der Waals surface area contributed by atoms with Crippen molar-refractivity contribution in [3.63, 3.8) is 0 Å². The summed E-state index contributed by atoms with van der Waals surface area (Å²) in [5, 5.41) is 0. The number of hydrogen-bond acceptors (Lipinski definition) is 4. The molecule has 0 aliphatic rings. The molecule has 0 aromatic heterocycles. The van der Waals surface area contributed by atoms with Crippen molar-refractivity contribution in [2.45, 2.75) is 0 Å². The second-order valence-corrected chi connectivity index (χ2v) is 10.9. The minimum Gasteiger partial charge on any atom is -0.457 e. The van der Waals surface area contributed by atoms with E-state index < -0.39 is 0 Å². The number of rotatable bonds is 9. The number of para-hydroxylation sites is 3. The number of anilines is 7. The Balaban J connectivity index is 1.15. The summed E-state index contributed by atoms with van der Waals surface area (Å²) >= 11 is 0. The fourth-order valence-electron chi connectivity index (χ4n) is 5.57. The molecule has 7 aromatic rings. The van der Waals surface area contributed by atoms with Crippen LogP contribution >= 0.6 is 0 Å². The van der Waals surface area contributed by atoms with Crippen LogP contribution in [0, 0.1) is 0 Å². The number of nitrogen functional groups attached to an aromatic ring is 1. The van der Waals surface area contributed by atoms with Gasteiger partial charge >= 0.3 is 0 Å². The second-order valence-electron chi connectivity index (χ2n) is 10.9. The monoisotopic (exact) mass is 595 g/mol. The molecule has 7 rings (SSSR count). The Morgan fingerprint density at radius 1 is 0.304 bits per heavy atom. The summed E-state index contributed by atoms with van der Waals surface area (Å²) < 4.78 is 6.04. The molecule has 2 N–H and O–H groups in total. The maximum Gasteiger partial charge on any atom is 0.127 e. The van der Waals surface area contributed by atoms with Crippen LogP contribution in [0.1, 0.15) is 0 Å². The molecule has 0 aliphatic heterocycles. The summed E-state index contributed by atoms with van der Waals surface area (Å²) in [5.41, 5.74) is 15.4. The van der Waals surface area contributed by atoms with Crippen molar-refractivity contribution in [3.05, 3.63) is 188 Å². The molecule has 0 radical (unpaired) electrons. The zero-order valence-electron chi connectivity index (χ0n) is 25.3. The summed E-state index contributed by atoms with van der Waals surface area (Å²) in [4.78, 5) is 4.52. The third kappa shape index (κ3) is 6.33. The molecule has 0 atom stereocenters. The first-order valence-electron chi connectivity index (χ1n) is 15.3. The molecule has 7 aromatic carbocycles. The first-order chi connectivity index (χ1) is 22.7. The summed E-state index contributed by atoms with van der Waals surface area (Å²) in [7, 11) is 0. The lowest BCUT2D eigenvalue weighted by atomic mass is 10.0. The number of nitrogens with two attached hydrogens (primary N) is 1. The summed E-state index contributed by atoms with van der Waals surface area (Å²) in [6.45, 7) is 0. The van der Waals surface area contributed by atoms with Gasteiger partial charge in [-0.05, 0) is 120 Å². The Kier molecular flexibility index (Phi) is 8.16. The summed E-state index contributed by atoms with van der Waals surface area (Å²) in [6, 6.07) is 64.4. The van der Waals surface area contributed by atoms with Crippen molar-refractivity contribution in [3.8, 4) is 22.6 Å². The van der Waals surface area contributed by atoms with Crippen LogP contribution in [0.2, 0.25) is 0 Å². The van der Waals surface area contributed by atoms with Crippen LogP contribution in [0.5, 0.6) is 11.5 Å². The summed E-state index contributed by atoms with van der Waals surface area (Å²) in [5.74, 6) is 1.51. The highest BCUT2D eigenvalue weighted by Gasteiger charge is 2.14. The predicted molar refractivity (Wildman–Crippen MR) is 192 cm³/mol. The largest absolute Gasteiger partial charge is 0.457 e. The number of hydrogen-bond donors (Lipinski definition) is 1. The Morgan fingerprint density at radius 2 is 0.587 bits per heavy atom. The molecule has 4 nitrogen and oxygen atoms in total. The molecule has 0 heterocycles. The highest BCUT2D eigenvalue weighted by Crippen LogP contribution is 2.38. The third-order valence-electron chi connectivity index (χ3n) is 7.84. The van der Waals surface area contributed by atoms with Gasteiger partial charge in [-0.3, -0.25) is 0 Å². The van der Waals surface area contributed by atoms with Gasteiger partial charge in [0.25, 0.3) is 0 Å². The molecule has 0 unspecified atom stereocenters. The molecule has 0 spiro atoms. The van der Waals surface area contributed by atoms with Gasteiger partial charge in [-0.25, -0.2) is 0 Å². The van der Waals surface area contributed by atoms with Gasteiger partial charge in [-0.1, -0.05) is 78.9 Å². The minimum atomic E-state index is 0.710. The Labute approximate surface area is 270 Å². The van der Waals surface area contributed by atoms with E-state index in [4.69, 9.17) is 10.5 Å². The molecule has 0 aliphatic carbocycles. The Hall–Kier alpha value is -6.26. The number of ether oxygens (including phenoxy) is 1. The lowest BCUT2D eigenvalue weighted by Gasteiger charge is -2.26. The van der Waals surface area contributed by atoms with E-state index in [1.54, 1.807) is 0 Å². The second kappa shape index (κ2) is 13.2. The zero-order chi connectivity index (χ0) is 31.1. The van der Waals surface area contributed by atoms with Crippen LogP contribution in [0.3, 0.4) is 0 Å². The van der Waals surface area contributed by atoms with E-state index in [1.165, 1.54) is 0 Å². The van der Waals surface area contributed by atoms with Gasteiger partial charge in [0.1, 0.15) is 11.5 Å². The Bertz CT molecular complexity index is 1940. The van der Waals surface area contributed by atoms with Crippen LogP contribution < -0.4 is 20.3 Å². The van der Waals surface area contributed by atoms with E-state index in [2.05, 4.69) is 143 Å². The summed E-state index contributed by atoms with van der Waals surface area (Å²) in [6.07, 6.45) is 0. The average molecular weight is 596 g/mol. The molecule has 0 amide bonds. The molecule has 0 fully saturated rings. The normalized spacial score (nSPS) is 10.7. The van der Waals surface area contributed by atoms with E-state index in [-0.39, 0.29) is 0 Å². The molecular formula is C42H33N3O. The van der Waals surface area contributed by atoms with Gasteiger partial charge in [-0.2, -0.15) is 0 Å². The van der Waals surface area contributed by atoms with E-state index in [9.17, 15) is 0 Å². The minimum absolute atomic E-state index is 0.710. The smallest absolute Gasteiger partial charge is 0.127 e. The van der Waals surface area contributed by atoms with Crippen molar-refractivity contribution in [1.82, 2.24) is 0 Å². The van der Waals surface area contributed by atoms with Crippen LogP contribution in [0.4, 0.5) is 39.8 Å². The van der Waals surface area contributed by atoms with E-state index >= 15 is 0 Å². The number of benzene rings is 7. The quantitative estimate of drug-likeness (QED) is 0.169. The molecule has 222 valence electrons. The molecule has 46 heavy (non-hydrogen) atoms. The van der Waals surface area contributed by atoms with Crippen molar-refractivity contribution >= 4 is 39.8 Å². The average Bonchev–Trinajstić information content (AvgIpc) is 3.12. The molecule has 4 heteroatoms. The predicted octanol–water partition coefficient (Wildman–Crippen LogP) is 11.7. The number of nitrogens with zero attached hydrogens (tertiary/aromatic N) is 2. The van der Waals surface area contributed by atoms with Crippen molar-refractivity contribution in [2.75, 3.05) is 15.5 Å². The van der Waals surface area contributed by atoms with Crippen molar-refractivity contribution in [2.24, 2.45) is 0 Å². The first kappa shape index (κ1) is 28.5. The van der Waals surface area contributed by atoms with Gasteiger partial charge in [-0.15, -0.1) is 0 Å².